The molecule has 0 aliphatic carbocycles. The third-order valence-electron chi connectivity index (χ3n) is 6.10. The van der Waals surface area contributed by atoms with Gasteiger partial charge in [0.15, 0.2) is 5.65 Å². The summed E-state index contributed by atoms with van der Waals surface area (Å²) in [6, 6.07) is 4.11. The predicted molar refractivity (Wildman–Crippen MR) is 139 cm³/mol. The van der Waals surface area contributed by atoms with Gasteiger partial charge in [-0.1, -0.05) is 0 Å². The maximum Gasteiger partial charge on any atom is 0.410 e. The van der Waals surface area contributed by atoms with Crippen LogP contribution in [0, 0.1) is 13.8 Å². The van der Waals surface area contributed by atoms with Crippen molar-refractivity contribution in [2.75, 3.05) is 13.1 Å². The summed E-state index contributed by atoms with van der Waals surface area (Å²) in [7, 11) is 0. The zero-order valence-corrected chi connectivity index (χ0v) is 22.5. The summed E-state index contributed by atoms with van der Waals surface area (Å²) in [5, 5.41) is 8.46. The summed E-state index contributed by atoms with van der Waals surface area (Å²) in [4.78, 5) is 34.9. The van der Waals surface area contributed by atoms with Gasteiger partial charge in [0.05, 0.1) is 22.8 Å². The monoisotopic (exact) mass is 497 g/mol. The van der Waals surface area contributed by atoms with Gasteiger partial charge in [0.2, 0.25) is 0 Å². The Morgan fingerprint density at radius 1 is 1.17 bits per heavy atom. The molecule has 3 aromatic rings. The van der Waals surface area contributed by atoms with Crippen molar-refractivity contribution < 1.29 is 14.3 Å². The minimum Gasteiger partial charge on any atom is -0.444 e. The predicted octanol–water partition coefficient (Wildman–Crippen LogP) is 5.49. The topological polar surface area (TPSA) is 89.4 Å². The van der Waals surface area contributed by atoms with Crippen LogP contribution in [0.4, 0.5) is 4.79 Å². The lowest BCUT2D eigenvalue weighted by molar-refractivity contribution is 0.0199. The number of pyridine rings is 1. The number of hydrogen-bond donors (Lipinski definition) is 1. The molecule has 1 saturated heterocycles. The van der Waals surface area contributed by atoms with Crippen molar-refractivity contribution in [2.45, 2.75) is 79.0 Å². The van der Waals surface area contributed by atoms with Crippen LogP contribution in [0.25, 0.3) is 22.3 Å². The molecule has 1 fully saturated rings. The second-order valence-corrected chi connectivity index (χ2v) is 12.0. The molecule has 0 bridgehead atoms. The van der Waals surface area contributed by atoms with Gasteiger partial charge in [-0.3, -0.25) is 4.79 Å². The number of fused-ring (bicyclic) bond motifs is 1. The van der Waals surface area contributed by atoms with E-state index in [-0.39, 0.29) is 24.1 Å². The van der Waals surface area contributed by atoms with Crippen LogP contribution in [-0.2, 0) is 4.74 Å². The Labute approximate surface area is 210 Å². The lowest BCUT2D eigenvalue weighted by Crippen LogP contribution is -2.47. The number of carbonyl (C=O) groups excluding carboxylic acids is 2. The average Bonchev–Trinajstić information content (AvgIpc) is 3.34. The van der Waals surface area contributed by atoms with E-state index in [1.54, 1.807) is 22.4 Å². The van der Waals surface area contributed by atoms with E-state index >= 15 is 0 Å². The van der Waals surface area contributed by atoms with Gasteiger partial charge in [0.25, 0.3) is 5.91 Å². The molecule has 0 radical (unpaired) electrons. The minimum absolute atomic E-state index is 0.0156. The molecule has 35 heavy (non-hydrogen) atoms. The Hall–Kier alpha value is -2.94. The standard InChI is InChI=1S/C26H35N5O3S/c1-15(2)31-23-21(14-27-31)20(13-22(29-23)19-12-16(3)35-17(19)4)24(32)28-18-8-10-30(11-9-18)25(33)34-26(5,6)7/h12-15,18H,8-11H2,1-7H3,(H,28,32). The third-order valence-corrected chi connectivity index (χ3v) is 7.07. The Bertz CT molecular complexity index is 1250. The van der Waals surface area contributed by atoms with E-state index in [4.69, 9.17) is 9.72 Å². The fraction of sp³-hybridized carbons (Fsp3) is 0.538. The van der Waals surface area contributed by atoms with Gasteiger partial charge in [-0.25, -0.2) is 14.5 Å². The smallest absolute Gasteiger partial charge is 0.410 e. The lowest BCUT2D eigenvalue weighted by atomic mass is 10.0. The largest absolute Gasteiger partial charge is 0.444 e. The molecule has 1 aliphatic rings. The molecule has 1 N–H and O–H groups in total. The number of piperidine rings is 1. The van der Waals surface area contributed by atoms with Crippen LogP contribution in [0.15, 0.2) is 18.3 Å². The van der Waals surface area contributed by atoms with Crippen LogP contribution in [0.3, 0.4) is 0 Å². The first kappa shape index (κ1) is 25.2. The zero-order chi connectivity index (χ0) is 25.5. The number of aromatic nitrogens is 3. The third kappa shape index (κ3) is 5.50. The Morgan fingerprint density at radius 2 is 1.86 bits per heavy atom. The summed E-state index contributed by atoms with van der Waals surface area (Å²) < 4.78 is 7.35. The molecule has 0 unspecified atom stereocenters. The molecule has 2 amide bonds. The van der Waals surface area contributed by atoms with Crippen molar-refractivity contribution in [1.29, 1.82) is 0 Å². The Balaban J connectivity index is 1.57. The average molecular weight is 498 g/mol. The van der Waals surface area contributed by atoms with E-state index < -0.39 is 5.60 Å². The fourth-order valence-electron chi connectivity index (χ4n) is 4.40. The Morgan fingerprint density at radius 3 is 2.43 bits per heavy atom. The number of thiophene rings is 1. The number of amides is 2. The number of hydrogen-bond acceptors (Lipinski definition) is 6. The molecule has 0 saturated carbocycles. The van der Waals surface area contributed by atoms with E-state index in [9.17, 15) is 9.59 Å². The van der Waals surface area contributed by atoms with Gasteiger partial charge in [-0.2, -0.15) is 5.10 Å². The molecule has 1 aliphatic heterocycles. The highest BCUT2D eigenvalue weighted by Crippen LogP contribution is 2.32. The highest BCUT2D eigenvalue weighted by molar-refractivity contribution is 7.12. The van der Waals surface area contributed by atoms with Gasteiger partial charge >= 0.3 is 6.09 Å². The fourth-order valence-corrected chi connectivity index (χ4v) is 5.34. The van der Waals surface area contributed by atoms with Crippen molar-refractivity contribution in [1.82, 2.24) is 25.0 Å². The summed E-state index contributed by atoms with van der Waals surface area (Å²) in [5.74, 6) is -0.137. The molecule has 188 valence electrons. The lowest BCUT2D eigenvalue weighted by Gasteiger charge is -2.33. The zero-order valence-electron chi connectivity index (χ0n) is 21.6. The van der Waals surface area contributed by atoms with E-state index in [1.165, 1.54) is 9.75 Å². The van der Waals surface area contributed by atoms with Gasteiger partial charge in [-0.05, 0) is 73.4 Å². The number of aryl methyl sites for hydroxylation is 2. The molecule has 9 heteroatoms. The number of ether oxygens (including phenoxy) is 1. The van der Waals surface area contributed by atoms with Crippen molar-refractivity contribution in [3.8, 4) is 11.3 Å². The minimum atomic E-state index is -0.521. The molecule has 0 spiro atoms. The normalized spacial score (nSPS) is 15.1. The van der Waals surface area contributed by atoms with Crippen LogP contribution in [-0.4, -0.2) is 56.4 Å². The maximum atomic E-state index is 13.5. The molecule has 4 heterocycles. The van der Waals surface area contributed by atoms with Crippen molar-refractivity contribution >= 4 is 34.4 Å². The van der Waals surface area contributed by atoms with Crippen molar-refractivity contribution in [3.63, 3.8) is 0 Å². The SMILES string of the molecule is Cc1cc(-c2cc(C(=O)NC3CCN(C(=O)OC(C)(C)C)CC3)c3cnn(C(C)C)c3n2)c(C)s1. The molecule has 4 rings (SSSR count). The van der Waals surface area contributed by atoms with Crippen LogP contribution < -0.4 is 5.32 Å². The molecular formula is C26H35N5O3S. The maximum absolute atomic E-state index is 13.5. The second kappa shape index (κ2) is 9.60. The number of likely N-dealkylation sites (tertiary alicyclic amines) is 1. The molecule has 0 atom stereocenters. The highest BCUT2D eigenvalue weighted by atomic mass is 32.1. The molecular weight excluding hydrogens is 462 g/mol. The molecule has 0 aromatic carbocycles. The van der Waals surface area contributed by atoms with Gasteiger partial charge < -0.3 is 15.0 Å². The van der Waals surface area contributed by atoms with E-state index in [0.29, 0.717) is 37.1 Å². The van der Waals surface area contributed by atoms with Crippen LogP contribution in [0.1, 0.15) is 73.6 Å². The van der Waals surface area contributed by atoms with Crippen LogP contribution >= 0.6 is 11.3 Å². The van der Waals surface area contributed by atoms with E-state index in [1.807, 2.05) is 31.5 Å². The first-order valence-electron chi connectivity index (χ1n) is 12.2. The van der Waals surface area contributed by atoms with Crippen LogP contribution in [0.5, 0.6) is 0 Å². The van der Waals surface area contributed by atoms with Crippen LogP contribution in [0.2, 0.25) is 0 Å². The number of nitrogens with zero attached hydrogens (tertiary/aromatic N) is 4. The molecule has 3 aromatic heterocycles. The second-order valence-electron chi connectivity index (χ2n) is 10.5. The number of carbonyl (C=O) groups is 2. The van der Waals surface area contributed by atoms with Gasteiger partial charge in [0, 0.05) is 40.5 Å². The Kier molecular flexibility index (Phi) is 6.90. The summed E-state index contributed by atoms with van der Waals surface area (Å²) in [6.07, 6.45) is 2.79. The van der Waals surface area contributed by atoms with Gasteiger partial charge in [-0.15, -0.1) is 11.3 Å². The van der Waals surface area contributed by atoms with E-state index in [2.05, 4.69) is 44.2 Å². The first-order valence-corrected chi connectivity index (χ1v) is 13.0. The summed E-state index contributed by atoms with van der Waals surface area (Å²) >= 11 is 1.73. The van der Waals surface area contributed by atoms with E-state index in [0.717, 1.165) is 16.6 Å². The number of rotatable bonds is 4. The highest BCUT2D eigenvalue weighted by Gasteiger charge is 2.28. The summed E-state index contributed by atoms with van der Waals surface area (Å²) in [6.45, 7) is 15.0. The number of nitrogens with one attached hydrogen (secondary N) is 1. The van der Waals surface area contributed by atoms with Gasteiger partial charge in [0.1, 0.15) is 5.60 Å². The molecule has 8 nitrogen and oxygen atoms in total. The first-order chi connectivity index (χ1) is 16.4. The van der Waals surface area contributed by atoms with Crippen molar-refractivity contribution in [2.24, 2.45) is 0 Å². The van der Waals surface area contributed by atoms with Crippen molar-refractivity contribution in [3.05, 3.63) is 33.6 Å². The summed E-state index contributed by atoms with van der Waals surface area (Å²) in [5.41, 5.74) is 2.60. The quantitative estimate of drug-likeness (QED) is 0.515.